The zero-order valence-electron chi connectivity index (χ0n) is 10.9. The number of aryl methyl sites for hydroxylation is 2. The van der Waals surface area contributed by atoms with E-state index in [1.807, 2.05) is 37.1 Å². The molecule has 0 saturated carbocycles. The molecule has 0 amide bonds. The summed E-state index contributed by atoms with van der Waals surface area (Å²) >= 11 is 3.51. The molecule has 0 bridgehead atoms. The fourth-order valence-corrected chi connectivity index (χ4v) is 2.07. The topological polar surface area (TPSA) is 61.7 Å². The average Bonchev–Trinajstić information content (AvgIpc) is 2.66. The maximum Gasteiger partial charge on any atom is 0.133 e. The van der Waals surface area contributed by atoms with Crippen molar-refractivity contribution in [1.29, 1.82) is 0 Å². The van der Waals surface area contributed by atoms with Crippen molar-refractivity contribution in [2.75, 3.05) is 5.73 Å². The Balaban J connectivity index is 0.00000162. The lowest BCUT2D eigenvalue weighted by atomic mass is 10.3. The van der Waals surface area contributed by atoms with Crippen molar-refractivity contribution in [3.05, 3.63) is 27.2 Å². The smallest absolute Gasteiger partial charge is 0.133 e. The number of rotatable bonds is 2. The van der Waals surface area contributed by atoms with E-state index in [9.17, 15) is 0 Å². The second-order valence-electron chi connectivity index (χ2n) is 4.21. The fraction of sp³-hybridized carbons (Fsp3) is 0.455. The van der Waals surface area contributed by atoms with Gasteiger partial charge in [-0.25, -0.2) is 9.36 Å². The summed E-state index contributed by atoms with van der Waals surface area (Å²) in [6, 6.07) is 0. The third-order valence-electron chi connectivity index (χ3n) is 3.00. The van der Waals surface area contributed by atoms with Crippen LogP contribution in [0.4, 0.5) is 5.69 Å². The fourth-order valence-electron chi connectivity index (χ4n) is 1.79. The maximum absolute atomic E-state index is 5.91. The van der Waals surface area contributed by atoms with Gasteiger partial charge in [0.2, 0.25) is 0 Å². The van der Waals surface area contributed by atoms with Gasteiger partial charge in [0.1, 0.15) is 6.67 Å². The number of hydrogen-bond acceptors (Lipinski definition) is 3. The van der Waals surface area contributed by atoms with Gasteiger partial charge in [0.25, 0.3) is 0 Å². The molecular formula is C11H17BrClN5. The highest BCUT2D eigenvalue weighted by Crippen LogP contribution is 2.21. The zero-order valence-corrected chi connectivity index (χ0v) is 13.3. The lowest BCUT2D eigenvalue weighted by Gasteiger charge is -2.06. The number of halogens is 2. The first-order valence-corrected chi connectivity index (χ1v) is 6.20. The van der Waals surface area contributed by atoms with E-state index in [-0.39, 0.29) is 12.4 Å². The van der Waals surface area contributed by atoms with E-state index in [4.69, 9.17) is 5.73 Å². The third kappa shape index (κ3) is 2.40. The SMILES string of the molecule is Cc1nn(Cn2nc(C)c(Br)c2C)c(C)c1N.Cl. The molecule has 2 heterocycles. The third-order valence-corrected chi connectivity index (χ3v) is 4.15. The maximum atomic E-state index is 5.91. The van der Waals surface area contributed by atoms with Gasteiger partial charge in [-0.2, -0.15) is 10.2 Å². The Morgan fingerprint density at radius 3 is 1.89 bits per heavy atom. The molecule has 0 aliphatic carbocycles. The van der Waals surface area contributed by atoms with Crippen molar-refractivity contribution in [3.63, 3.8) is 0 Å². The van der Waals surface area contributed by atoms with Crippen LogP contribution in [0.3, 0.4) is 0 Å². The van der Waals surface area contributed by atoms with Gasteiger partial charge in [-0.15, -0.1) is 12.4 Å². The molecule has 0 aliphatic rings. The molecule has 0 unspecified atom stereocenters. The van der Waals surface area contributed by atoms with Gasteiger partial charge < -0.3 is 5.73 Å². The monoisotopic (exact) mass is 333 g/mol. The molecule has 18 heavy (non-hydrogen) atoms. The summed E-state index contributed by atoms with van der Waals surface area (Å²) in [5, 5.41) is 8.85. The highest BCUT2D eigenvalue weighted by molar-refractivity contribution is 9.10. The van der Waals surface area contributed by atoms with Crippen molar-refractivity contribution in [1.82, 2.24) is 19.6 Å². The predicted molar refractivity (Wildman–Crippen MR) is 78.2 cm³/mol. The van der Waals surface area contributed by atoms with Crippen molar-refractivity contribution < 1.29 is 0 Å². The van der Waals surface area contributed by atoms with Crippen LogP contribution in [0.25, 0.3) is 0 Å². The molecule has 2 aromatic rings. The molecule has 2 N–H and O–H groups in total. The highest BCUT2D eigenvalue weighted by Gasteiger charge is 2.12. The number of hydrogen-bond donors (Lipinski definition) is 1. The normalized spacial score (nSPS) is 10.5. The quantitative estimate of drug-likeness (QED) is 0.918. The molecule has 2 rings (SSSR count). The number of nitrogen functional groups attached to an aromatic ring is 1. The Morgan fingerprint density at radius 1 is 1.00 bits per heavy atom. The zero-order chi connectivity index (χ0) is 12.7. The van der Waals surface area contributed by atoms with Crippen LogP contribution in [-0.2, 0) is 6.67 Å². The van der Waals surface area contributed by atoms with Crippen LogP contribution in [-0.4, -0.2) is 19.6 Å². The molecule has 0 aromatic carbocycles. The number of nitrogens with two attached hydrogens (primary N) is 1. The van der Waals surface area contributed by atoms with E-state index in [2.05, 4.69) is 26.1 Å². The van der Waals surface area contributed by atoms with Crippen LogP contribution in [0, 0.1) is 27.7 Å². The second-order valence-corrected chi connectivity index (χ2v) is 5.00. The molecule has 0 radical (unpaired) electrons. The first-order valence-electron chi connectivity index (χ1n) is 5.40. The minimum Gasteiger partial charge on any atom is -0.396 e. The van der Waals surface area contributed by atoms with Gasteiger partial charge in [0.05, 0.1) is 32.9 Å². The summed E-state index contributed by atoms with van der Waals surface area (Å²) in [4.78, 5) is 0. The lowest BCUT2D eigenvalue weighted by molar-refractivity contribution is 0.480. The van der Waals surface area contributed by atoms with E-state index in [1.54, 1.807) is 0 Å². The Morgan fingerprint density at radius 2 is 1.50 bits per heavy atom. The van der Waals surface area contributed by atoms with Crippen LogP contribution < -0.4 is 5.73 Å². The van der Waals surface area contributed by atoms with Crippen molar-refractivity contribution in [2.24, 2.45) is 0 Å². The molecule has 2 aromatic heterocycles. The van der Waals surface area contributed by atoms with Gasteiger partial charge in [-0.1, -0.05) is 0 Å². The summed E-state index contributed by atoms with van der Waals surface area (Å²) in [5.41, 5.74) is 10.6. The molecule has 0 spiro atoms. The highest BCUT2D eigenvalue weighted by atomic mass is 79.9. The van der Waals surface area contributed by atoms with E-state index >= 15 is 0 Å². The number of anilines is 1. The Kier molecular flexibility index (Phi) is 4.45. The second kappa shape index (κ2) is 5.32. The van der Waals surface area contributed by atoms with Gasteiger partial charge in [0, 0.05) is 0 Å². The predicted octanol–water partition coefficient (Wildman–Crippen LogP) is 2.59. The molecule has 0 aliphatic heterocycles. The molecule has 7 heteroatoms. The molecule has 0 fully saturated rings. The summed E-state index contributed by atoms with van der Waals surface area (Å²) < 4.78 is 4.83. The average molecular weight is 335 g/mol. The van der Waals surface area contributed by atoms with Gasteiger partial charge in [-0.3, -0.25) is 0 Å². The minimum absolute atomic E-state index is 0. The summed E-state index contributed by atoms with van der Waals surface area (Å²) in [7, 11) is 0. The summed E-state index contributed by atoms with van der Waals surface area (Å²) in [6.45, 7) is 8.47. The van der Waals surface area contributed by atoms with E-state index in [0.29, 0.717) is 6.67 Å². The van der Waals surface area contributed by atoms with Crippen LogP contribution in [0.1, 0.15) is 22.8 Å². The van der Waals surface area contributed by atoms with Crippen LogP contribution in [0.15, 0.2) is 4.47 Å². The Bertz CT molecular complexity index is 522. The first kappa shape index (κ1) is 15.0. The van der Waals surface area contributed by atoms with Crippen LogP contribution >= 0.6 is 28.3 Å². The van der Waals surface area contributed by atoms with Gasteiger partial charge >= 0.3 is 0 Å². The molecule has 0 saturated heterocycles. The van der Waals surface area contributed by atoms with E-state index in [1.165, 1.54) is 0 Å². The number of nitrogens with zero attached hydrogens (tertiary/aromatic N) is 4. The largest absolute Gasteiger partial charge is 0.396 e. The molecular weight excluding hydrogens is 318 g/mol. The van der Waals surface area contributed by atoms with Crippen molar-refractivity contribution >= 4 is 34.0 Å². The first-order chi connectivity index (χ1) is 7.91. The molecule has 100 valence electrons. The van der Waals surface area contributed by atoms with Crippen LogP contribution in [0.2, 0.25) is 0 Å². The van der Waals surface area contributed by atoms with Crippen molar-refractivity contribution in [3.8, 4) is 0 Å². The van der Waals surface area contributed by atoms with Gasteiger partial charge in [-0.05, 0) is 43.6 Å². The number of aromatic nitrogens is 4. The van der Waals surface area contributed by atoms with Gasteiger partial charge in [0.15, 0.2) is 0 Å². The molecule has 5 nitrogen and oxygen atoms in total. The van der Waals surface area contributed by atoms with Crippen molar-refractivity contribution in [2.45, 2.75) is 34.4 Å². The summed E-state index contributed by atoms with van der Waals surface area (Å²) in [6.07, 6.45) is 0. The van der Waals surface area contributed by atoms with E-state index in [0.717, 1.165) is 32.9 Å². The summed E-state index contributed by atoms with van der Waals surface area (Å²) in [5.74, 6) is 0. The standard InChI is InChI=1S/C11H16BrN5.ClH/c1-6-10(12)8(3)16(14-6)5-17-9(4)11(13)7(2)15-17;/h5,13H2,1-4H3;1H. The lowest BCUT2D eigenvalue weighted by Crippen LogP contribution is -2.13. The molecule has 0 atom stereocenters. The minimum atomic E-state index is 0. The Hall–Kier alpha value is -1.01. The van der Waals surface area contributed by atoms with E-state index < -0.39 is 0 Å². The Labute approximate surface area is 121 Å². The van der Waals surface area contributed by atoms with Crippen LogP contribution in [0.5, 0.6) is 0 Å².